The third-order valence-corrected chi connectivity index (χ3v) is 4.81. The molecule has 0 aliphatic heterocycles. The van der Waals surface area contributed by atoms with Crippen LogP contribution in [0.25, 0.3) is 0 Å². The highest BCUT2D eigenvalue weighted by Gasteiger charge is 2.12. The molecule has 0 heterocycles. The van der Waals surface area contributed by atoms with E-state index in [9.17, 15) is 13.5 Å². The van der Waals surface area contributed by atoms with E-state index < -0.39 is 16.1 Å². The fourth-order valence-electron chi connectivity index (χ4n) is 2.16. The van der Waals surface area contributed by atoms with Gasteiger partial charge >= 0.3 is 0 Å². The van der Waals surface area contributed by atoms with E-state index in [0.29, 0.717) is 12.8 Å². The van der Waals surface area contributed by atoms with Crippen LogP contribution >= 0.6 is 0 Å². The molecule has 2 aromatic carbocycles. The lowest BCUT2D eigenvalue weighted by atomic mass is 10.1. The molecule has 0 radical (unpaired) electrons. The largest absolute Gasteiger partial charge is 0.388 e. The Morgan fingerprint density at radius 2 is 1.55 bits per heavy atom. The Labute approximate surface area is 131 Å². The molecule has 0 saturated carbocycles. The molecular formula is C17H21NO3S. The van der Waals surface area contributed by atoms with Gasteiger partial charge in [0.05, 0.1) is 11.9 Å². The van der Waals surface area contributed by atoms with Gasteiger partial charge in [-0.2, -0.15) is 0 Å². The second kappa shape index (κ2) is 8.08. The summed E-state index contributed by atoms with van der Waals surface area (Å²) in [6.45, 7) is 0.229. The van der Waals surface area contributed by atoms with Crippen molar-refractivity contribution in [2.45, 2.75) is 18.9 Å². The quantitative estimate of drug-likeness (QED) is 0.784. The van der Waals surface area contributed by atoms with Crippen molar-refractivity contribution >= 4 is 10.0 Å². The minimum absolute atomic E-state index is 0.0540. The van der Waals surface area contributed by atoms with Crippen LogP contribution < -0.4 is 4.72 Å². The minimum Gasteiger partial charge on any atom is -0.388 e. The Morgan fingerprint density at radius 1 is 0.955 bits per heavy atom. The van der Waals surface area contributed by atoms with Gasteiger partial charge in [0.1, 0.15) is 0 Å². The van der Waals surface area contributed by atoms with Crippen molar-refractivity contribution in [2.75, 3.05) is 12.3 Å². The van der Waals surface area contributed by atoms with Crippen LogP contribution in [0.15, 0.2) is 60.7 Å². The van der Waals surface area contributed by atoms with E-state index in [1.54, 1.807) is 0 Å². The molecular weight excluding hydrogens is 298 g/mol. The molecule has 0 unspecified atom stereocenters. The van der Waals surface area contributed by atoms with Gasteiger partial charge in [0.2, 0.25) is 10.0 Å². The molecule has 4 nitrogen and oxygen atoms in total. The number of aliphatic hydroxyl groups excluding tert-OH is 1. The second-order valence-corrected chi connectivity index (χ2v) is 7.09. The normalized spacial score (nSPS) is 13.0. The maximum Gasteiger partial charge on any atom is 0.211 e. The lowest BCUT2D eigenvalue weighted by Crippen LogP contribution is -2.29. The van der Waals surface area contributed by atoms with Gasteiger partial charge < -0.3 is 5.11 Å². The first kappa shape index (κ1) is 16.7. The molecule has 5 heteroatoms. The van der Waals surface area contributed by atoms with Crippen LogP contribution in [0.4, 0.5) is 0 Å². The molecule has 0 spiro atoms. The maximum absolute atomic E-state index is 11.9. The Morgan fingerprint density at radius 3 is 2.18 bits per heavy atom. The Balaban J connectivity index is 1.75. The summed E-state index contributed by atoms with van der Waals surface area (Å²) in [5.41, 5.74) is 1.79. The van der Waals surface area contributed by atoms with Crippen LogP contribution in [0.3, 0.4) is 0 Å². The van der Waals surface area contributed by atoms with E-state index >= 15 is 0 Å². The molecule has 22 heavy (non-hydrogen) atoms. The molecule has 1 atom stereocenters. The summed E-state index contributed by atoms with van der Waals surface area (Å²) in [7, 11) is -3.32. The Bertz CT molecular complexity index is 657. The van der Waals surface area contributed by atoms with Crippen molar-refractivity contribution in [3.63, 3.8) is 0 Å². The van der Waals surface area contributed by atoms with E-state index in [2.05, 4.69) is 4.72 Å². The van der Waals surface area contributed by atoms with Gasteiger partial charge in [-0.15, -0.1) is 0 Å². The van der Waals surface area contributed by atoms with Gasteiger partial charge in [-0.3, -0.25) is 0 Å². The van der Waals surface area contributed by atoms with E-state index in [0.717, 1.165) is 11.1 Å². The first-order valence-corrected chi connectivity index (χ1v) is 8.96. The molecule has 0 aliphatic carbocycles. The van der Waals surface area contributed by atoms with Gasteiger partial charge in [-0.1, -0.05) is 60.7 Å². The summed E-state index contributed by atoms with van der Waals surface area (Å²) in [4.78, 5) is 0. The fourth-order valence-corrected chi connectivity index (χ4v) is 3.24. The van der Waals surface area contributed by atoms with Gasteiger partial charge in [0, 0.05) is 6.54 Å². The first-order valence-electron chi connectivity index (χ1n) is 7.31. The predicted octanol–water partition coefficient (Wildman–Crippen LogP) is 2.27. The molecule has 0 aromatic heterocycles. The summed E-state index contributed by atoms with van der Waals surface area (Å²) < 4.78 is 26.4. The number of rotatable bonds is 8. The zero-order chi connectivity index (χ0) is 15.8. The van der Waals surface area contributed by atoms with Crippen molar-refractivity contribution < 1.29 is 13.5 Å². The molecule has 0 saturated heterocycles. The first-order chi connectivity index (χ1) is 10.6. The van der Waals surface area contributed by atoms with Crippen LogP contribution in [-0.4, -0.2) is 25.8 Å². The van der Waals surface area contributed by atoms with Crippen LogP contribution in [0.5, 0.6) is 0 Å². The highest BCUT2D eigenvalue weighted by atomic mass is 32.2. The van der Waals surface area contributed by atoms with Gasteiger partial charge in [0.25, 0.3) is 0 Å². The molecule has 2 aromatic rings. The number of aryl methyl sites for hydroxylation is 1. The van der Waals surface area contributed by atoms with Crippen molar-refractivity contribution in [2.24, 2.45) is 0 Å². The lowest BCUT2D eigenvalue weighted by Gasteiger charge is -2.12. The Kier molecular flexibility index (Phi) is 6.12. The number of aliphatic hydroxyl groups is 1. The minimum atomic E-state index is -3.32. The van der Waals surface area contributed by atoms with Gasteiger partial charge in [-0.05, 0) is 24.0 Å². The third-order valence-electron chi connectivity index (χ3n) is 3.43. The summed E-state index contributed by atoms with van der Waals surface area (Å²) in [6.07, 6.45) is 0.185. The maximum atomic E-state index is 11.9. The summed E-state index contributed by atoms with van der Waals surface area (Å²) in [5.74, 6) is 0.0540. The van der Waals surface area contributed by atoms with Crippen LogP contribution in [0, 0.1) is 0 Å². The molecule has 0 aliphatic rings. The fraction of sp³-hybridized carbons (Fsp3) is 0.294. The molecule has 118 valence electrons. The zero-order valence-electron chi connectivity index (χ0n) is 12.4. The highest BCUT2D eigenvalue weighted by molar-refractivity contribution is 7.89. The van der Waals surface area contributed by atoms with Gasteiger partial charge in [0.15, 0.2) is 0 Å². The highest BCUT2D eigenvalue weighted by Crippen LogP contribution is 2.15. The SMILES string of the molecule is O=S(=O)(CCc1ccccc1)NCC[C@@H](O)c1ccccc1. The summed E-state index contributed by atoms with van der Waals surface area (Å²) in [6, 6.07) is 18.7. The topological polar surface area (TPSA) is 66.4 Å². The lowest BCUT2D eigenvalue weighted by molar-refractivity contribution is 0.169. The Hall–Kier alpha value is -1.69. The number of sulfonamides is 1. The zero-order valence-corrected chi connectivity index (χ0v) is 13.2. The average Bonchev–Trinajstić information content (AvgIpc) is 2.55. The van der Waals surface area contributed by atoms with Crippen molar-refractivity contribution in [3.05, 3.63) is 71.8 Å². The summed E-state index contributed by atoms with van der Waals surface area (Å²) in [5, 5.41) is 9.99. The van der Waals surface area contributed by atoms with E-state index in [-0.39, 0.29) is 12.3 Å². The number of benzene rings is 2. The van der Waals surface area contributed by atoms with Crippen LogP contribution in [0.2, 0.25) is 0 Å². The molecule has 2 N–H and O–H groups in total. The van der Waals surface area contributed by atoms with Gasteiger partial charge in [-0.25, -0.2) is 13.1 Å². The molecule has 2 rings (SSSR count). The summed E-state index contributed by atoms with van der Waals surface area (Å²) >= 11 is 0. The van der Waals surface area contributed by atoms with Crippen molar-refractivity contribution in [3.8, 4) is 0 Å². The van der Waals surface area contributed by atoms with Crippen molar-refractivity contribution in [1.29, 1.82) is 0 Å². The van der Waals surface area contributed by atoms with Crippen molar-refractivity contribution in [1.82, 2.24) is 4.72 Å². The molecule has 0 bridgehead atoms. The van der Waals surface area contributed by atoms with E-state index in [1.807, 2.05) is 60.7 Å². The van der Waals surface area contributed by atoms with Crippen LogP contribution in [-0.2, 0) is 16.4 Å². The molecule has 0 amide bonds. The smallest absolute Gasteiger partial charge is 0.211 e. The second-order valence-electron chi connectivity index (χ2n) is 5.16. The van der Waals surface area contributed by atoms with Crippen LogP contribution in [0.1, 0.15) is 23.7 Å². The average molecular weight is 319 g/mol. The standard InChI is InChI=1S/C17H21NO3S/c19-17(16-9-5-2-6-10-16)11-13-18-22(20,21)14-12-15-7-3-1-4-8-15/h1-10,17-19H,11-14H2/t17-/m1/s1. The number of hydrogen-bond donors (Lipinski definition) is 2. The number of hydrogen-bond acceptors (Lipinski definition) is 3. The molecule has 0 fully saturated rings. The predicted molar refractivity (Wildman–Crippen MR) is 88.0 cm³/mol. The van der Waals surface area contributed by atoms with E-state index in [1.165, 1.54) is 0 Å². The monoisotopic (exact) mass is 319 g/mol. The van der Waals surface area contributed by atoms with E-state index in [4.69, 9.17) is 0 Å². The number of nitrogens with one attached hydrogen (secondary N) is 1. The third kappa shape index (κ3) is 5.60.